The molecule has 2 bridgehead atoms. The number of nitrogens with zero attached hydrogens (tertiary/aromatic N) is 1. The Morgan fingerprint density at radius 2 is 1.88 bits per heavy atom. The largest absolute Gasteiger partial charge is 0.493 e. The normalized spacial score (nSPS) is 27.9. The molecule has 1 amide bonds. The SMILES string of the molecule is COc1cc2c(cc1OC)CN(C(=O)C[C@H]1C[C@H]3CC[C@H]1C3)CC2. The fourth-order valence-electron chi connectivity index (χ4n) is 5.08. The van der Waals surface area contributed by atoms with Crippen LogP contribution in [0.2, 0.25) is 0 Å². The predicted molar refractivity (Wildman–Crippen MR) is 92.2 cm³/mol. The van der Waals surface area contributed by atoms with Crippen LogP contribution in [0.1, 0.15) is 43.2 Å². The van der Waals surface area contributed by atoms with Gasteiger partial charge in [0, 0.05) is 19.5 Å². The molecule has 0 radical (unpaired) electrons. The summed E-state index contributed by atoms with van der Waals surface area (Å²) < 4.78 is 10.8. The monoisotopic (exact) mass is 329 g/mol. The highest BCUT2D eigenvalue weighted by atomic mass is 16.5. The topological polar surface area (TPSA) is 38.8 Å². The summed E-state index contributed by atoms with van der Waals surface area (Å²) in [5.41, 5.74) is 2.47. The van der Waals surface area contributed by atoms with Crippen LogP contribution >= 0.6 is 0 Å². The molecule has 0 unspecified atom stereocenters. The van der Waals surface area contributed by atoms with Gasteiger partial charge in [-0.15, -0.1) is 0 Å². The van der Waals surface area contributed by atoms with E-state index in [1.165, 1.54) is 36.8 Å². The van der Waals surface area contributed by atoms with Crippen LogP contribution in [-0.4, -0.2) is 31.6 Å². The Labute approximate surface area is 144 Å². The maximum absolute atomic E-state index is 12.8. The van der Waals surface area contributed by atoms with Crippen molar-refractivity contribution in [2.24, 2.45) is 17.8 Å². The lowest BCUT2D eigenvalue weighted by molar-refractivity contribution is -0.133. The van der Waals surface area contributed by atoms with Crippen molar-refractivity contribution in [2.75, 3.05) is 20.8 Å². The van der Waals surface area contributed by atoms with Crippen molar-refractivity contribution in [1.29, 1.82) is 0 Å². The number of amides is 1. The van der Waals surface area contributed by atoms with Gasteiger partial charge in [-0.2, -0.15) is 0 Å². The molecule has 1 aromatic rings. The first kappa shape index (κ1) is 15.8. The summed E-state index contributed by atoms with van der Waals surface area (Å²) in [7, 11) is 3.32. The quantitative estimate of drug-likeness (QED) is 0.850. The molecule has 2 fully saturated rings. The fourth-order valence-corrected chi connectivity index (χ4v) is 5.08. The minimum Gasteiger partial charge on any atom is -0.493 e. The first-order valence-electron chi connectivity index (χ1n) is 9.19. The van der Waals surface area contributed by atoms with Crippen molar-refractivity contribution in [3.63, 3.8) is 0 Å². The second kappa shape index (κ2) is 6.30. The Kier molecular flexibility index (Phi) is 4.15. The standard InChI is InChI=1S/C20H27NO3/c1-23-18-9-15-5-6-21(12-17(15)10-19(18)24-2)20(22)11-16-8-13-3-4-14(16)7-13/h9-10,13-14,16H,3-8,11-12H2,1-2H3/t13-,14-,16+/m0/s1. The van der Waals surface area contributed by atoms with E-state index in [1.807, 2.05) is 11.0 Å². The Morgan fingerprint density at radius 3 is 2.50 bits per heavy atom. The van der Waals surface area contributed by atoms with Crippen LogP contribution in [0, 0.1) is 17.8 Å². The van der Waals surface area contributed by atoms with Gasteiger partial charge in [-0.1, -0.05) is 6.42 Å². The average molecular weight is 329 g/mol. The summed E-state index contributed by atoms with van der Waals surface area (Å²) in [5.74, 6) is 4.24. The van der Waals surface area contributed by atoms with E-state index in [1.54, 1.807) is 14.2 Å². The molecule has 0 spiro atoms. The average Bonchev–Trinajstić information content (AvgIpc) is 3.22. The van der Waals surface area contributed by atoms with Crippen molar-refractivity contribution in [2.45, 2.75) is 45.1 Å². The van der Waals surface area contributed by atoms with Crippen molar-refractivity contribution in [3.05, 3.63) is 23.3 Å². The van der Waals surface area contributed by atoms with Crippen LogP contribution in [-0.2, 0) is 17.8 Å². The molecule has 130 valence electrons. The van der Waals surface area contributed by atoms with Gasteiger partial charge in [-0.25, -0.2) is 0 Å². The molecular weight excluding hydrogens is 302 g/mol. The minimum atomic E-state index is 0.341. The highest BCUT2D eigenvalue weighted by Gasteiger charge is 2.40. The molecule has 4 heteroatoms. The molecule has 0 saturated heterocycles. The summed E-state index contributed by atoms with van der Waals surface area (Å²) in [6.07, 6.45) is 7.06. The molecule has 1 heterocycles. The molecule has 4 nitrogen and oxygen atoms in total. The van der Waals surface area contributed by atoms with Gasteiger partial charge in [0.25, 0.3) is 0 Å². The van der Waals surface area contributed by atoms with Crippen molar-refractivity contribution in [1.82, 2.24) is 4.90 Å². The summed E-state index contributed by atoms with van der Waals surface area (Å²) >= 11 is 0. The molecule has 3 aliphatic rings. The maximum atomic E-state index is 12.8. The first-order chi connectivity index (χ1) is 11.7. The van der Waals surface area contributed by atoms with E-state index in [0.29, 0.717) is 18.4 Å². The van der Waals surface area contributed by atoms with Gasteiger partial charge in [0.15, 0.2) is 11.5 Å². The molecule has 0 aromatic heterocycles. The van der Waals surface area contributed by atoms with E-state index in [2.05, 4.69) is 6.07 Å². The van der Waals surface area contributed by atoms with E-state index < -0.39 is 0 Å². The molecule has 2 saturated carbocycles. The van der Waals surface area contributed by atoms with Gasteiger partial charge in [0.05, 0.1) is 14.2 Å². The molecule has 0 N–H and O–H groups in total. The van der Waals surface area contributed by atoms with Crippen molar-refractivity contribution >= 4 is 5.91 Å². The third-order valence-electron chi connectivity index (χ3n) is 6.39. The third kappa shape index (κ3) is 2.76. The summed E-state index contributed by atoms with van der Waals surface area (Å²) in [5, 5.41) is 0. The van der Waals surface area contributed by atoms with Gasteiger partial charge in [-0.05, 0) is 66.7 Å². The highest BCUT2D eigenvalue weighted by Crippen LogP contribution is 2.49. The summed E-state index contributed by atoms with van der Waals surface area (Å²) in [4.78, 5) is 14.8. The predicted octanol–water partition coefficient (Wildman–Crippen LogP) is 3.41. The smallest absolute Gasteiger partial charge is 0.223 e. The van der Waals surface area contributed by atoms with Crippen LogP contribution < -0.4 is 9.47 Å². The second-order valence-corrected chi connectivity index (χ2v) is 7.68. The first-order valence-corrected chi connectivity index (χ1v) is 9.19. The van der Waals surface area contributed by atoms with Crippen LogP contribution in [0.3, 0.4) is 0 Å². The Balaban J connectivity index is 1.44. The zero-order valence-electron chi connectivity index (χ0n) is 14.7. The third-order valence-corrected chi connectivity index (χ3v) is 6.39. The number of benzene rings is 1. The zero-order valence-corrected chi connectivity index (χ0v) is 14.7. The van der Waals surface area contributed by atoms with Crippen LogP contribution in [0.15, 0.2) is 12.1 Å². The van der Waals surface area contributed by atoms with E-state index in [-0.39, 0.29) is 0 Å². The molecule has 1 aliphatic heterocycles. The lowest BCUT2D eigenvalue weighted by Crippen LogP contribution is -2.37. The van der Waals surface area contributed by atoms with Gasteiger partial charge >= 0.3 is 0 Å². The number of carbonyl (C=O) groups excluding carboxylic acids is 1. The van der Waals surface area contributed by atoms with Crippen LogP contribution in [0.4, 0.5) is 0 Å². The van der Waals surface area contributed by atoms with Gasteiger partial charge < -0.3 is 14.4 Å². The molecule has 1 aromatic carbocycles. The molecule has 24 heavy (non-hydrogen) atoms. The number of methoxy groups -OCH3 is 2. The van der Waals surface area contributed by atoms with E-state index in [4.69, 9.17) is 9.47 Å². The number of rotatable bonds is 4. The summed E-state index contributed by atoms with van der Waals surface area (Å²) in [6, 6.07) is 4.09. The fraction of sp³-hybridized carbons (Fsp3) is 0.650. The molecule has 3 atom stereocenters. The number of ether oxygens (including phenoxy) is 2. The maximum Gasteiger partial charge on any atom is 0.223 e. The van der Waals surface area contributed by atoms with Gasteiger partial charge in [0.1, 0.15) is 0 Å². The Morgan fingerprint density at radius 1 is 1.12 bits per heavy atom. The van der Waals surface area contributed by atoms with E-state index in [0.717, 1.165) is 42.7 Å². The van der Waals surface area contributed by atoms with E-state index in [9.17, 15) is 4.79 Å². The van der Waals surface area contributed by atoms with Crippen molar-refractivity contribution in [3.8, 4) is 11.5 Å². The van der Waals surface area contributed by atoms with Crippen LogP contribution in [0.5, 0.6) is 11.5 Å². The Hall–Kier alpha value is -1.71. The number of carbonyl (C=O) groups is 1. The molecule has 2 aliphatic carbocycles. The molecular formula is C20H27NO3. The lowest BCUT2D eigenvalue weighted by Gasteiger charge is -2.31. The van der Waals surface area contributed by atoms with Crippen LogP contribution in [0.25, 0.3) is 0 Å². The zero-order chi connectivity index (χ0) is 16.7. The number of hydrogen-bond donors (Lipinski definition) is 0. The second-order valence-electron chi connectivity index (χ2n) is 7.68. The minimum absolute atomic E-state index is 0.341. The van der Waals surface area contributed by atoms with E-state index >= 15 is 0 Å². The summed E-state index contributed by atoms with van der Waals surface area (Å²) in [6.45, 7) is 1.53. The van der Waals surface area contributed by atoms with Gasteiger partial charge in [-0.3, -0.25) is 4.79 Å². The lowest BCUT2D eigenvalue weighted by atomic mass is 9.86. The van der Waals surface area contributed by atoms with Gasteiger partial charge in [0.2, 0.25) is 5.91 Å². The number of hydrogen-bond acceptors (Lipinski definition) is 3. The molecule has 4 rings (SSSR count). The van der Waals surface area contributed by atoms with Crippen molar-refractivity contribution < 1.29 is 14.3 Å². The Bertz CT molecular complexity index is 642. The highest BCUT2D eigenvalue weighted by molar-refractivity contribution is 5.77. The number of fused-ring (bicyclic) bond motifs is 3.